The molecule has 2 aromatic rings. The molecule has 0 aliphatic carbocycles. The molecule has 0 bridgehead atoms. The van der Waals surface area contributed by atoms with Crippen LogP contribution in [0.1, 0.15) is 31.9 Å². The van der Waals surface area contributed by atoms with Gasteiger partial charge in [0.15, 0.2) is 5.65 Å². The average molecular weight is 287 g/mol. The van der Waals surface area contributed by atoms with Crippen molar-refractivity contribution in [1.82, 2.24) is 24.6 Å². The van der Waals surface area contributed by atoms with Crippen molar-refractivity contribution in [2.24, 2.45) is 0 Å². The zero-order valence-electron chi connectivity index (χ0n) is 12.3. The standard InChI is InChI=1S/C15H21N5O/c1-12(19-6-3-2-4-7-19)15(21)18-10-13-9-17-14-11-16-5-8-20(13)14/h5,8-9,11-12H,2-4,6-7,10H2,1H3,(H,18,21). The molecule has 21 heavy (non-hydrogen) atoms. The van der Waals surface area contributed by atoms with E-state index >= 15 is 0 Å². The molecule has 0 aromatic carbocycles. The molecule has 1 aliphatic rings. The van der Waals surface area contributed by atoms with Gasteiger partial charge in [-0.15, -0.1) is 0 Å². The Morgan fingerprint density at radius 1 is 1.33 bits per heavy atom. The predicted octanol–water partition coefficient (Wildman–Crippen LogP) is 1.22. The van der Waals surface area contributed by atoms with E-state index in [0.29, 0.717) is 6.54 Å². The number of rotatable bonds is 4. The van der Waals surface area contributed by atoms with Crippen molar-refractivity contribution in [3.8, 4) is 0 Å². The molecule has 1 fully saturated rings. The van der Waals surface area contributed by atoms with Gasteiger partial charge in [0.25, 0.3) is 0 Å². The molecule has 1 atom stereocenters. The maximum atomic E-state index is 12.3. The summed E-state index contributed by atoms with van der Waals surface area (Å²) in [7, 11) is 0. The molecular formula is C15H21N5O. The molecule has 1 saturated heterocycles. The van der Waals surface area contributed by atoms with Crippen LogP contribution in [0.3, 0.4) is 0 Å². The van der Waals surface area contributed by atoms with Crippen LogP contribution in [0.2, 0.25) is 0 Å². The second-order valence-corrected chi connectivity index (χ2v) is 5.54. The predicted molar refractivity (Wildman–Crippen MR) is 79.7 cm³/mol. The number of carbonyl (C=O) groups is 1. The molecular weight excluding hydrogens is 266 g/mol. The van der Waals surface area contributed by atoms with Crippen molar-refractivity contribution in [1.29, 1.82) is 0 Å². The van der Waals surface area contributed by atoms with Gasteiger partial charge in [-0.2, -0.15) is 0 Å². The van der Waals surface area contributed by atoms with Crippen LogP contribution < -0.4 is 5.32 Å². The van der Waals surface area contributed by atoms with Gasteiger partial charge in [0.05, 0.1) is 30.7 Å². The Hall–Kier alpha value is -1.95. The Morgan fingerprint density at radius 2 is 2.14 bits per heavy atom. The van der Waals surface area contributed by atoms with Crippen molar-refractivity contribution in [3.63, 3.8) is 0 Å². The molecule has 3 heterocycles. The molecule has 0 radical (unpaired) electrons. The summed E-state index contributed by atoms with van der Waals surface area (Å²) in [5.41, 5.74) is 1.76. The number of imidazole rings is 1. The number of carbonyl (C=O) groups excluding carboxylic acids is 1. The number of hydrogen-bond donors (Lipinski definition) is 1. The molecule has 1 amide bonds. The normalized spacial score (nSPS) is 17.8. The first-order chi connectivity index (χ1) is 10.3. The summed E-state index contributed by atoms with van der Waals surface area (Å²) in [5.74, 6) is 0.0842. The minimum Gasteiger partial charge on any atom is -0.349 e. The summed E-state index contributed by atoms with van der Waals surface area (Å²) < 4.78 is 1.94. The topological polar surface area (TPSA) is 62.5 Å². The van der Waals surface area contributed by atoms with Crippen molar-refractivity contribution in [2.45, 2.75) is 38.8 Å². The summed E-state index contributed by atoms with van der Waals surface area (Å²) in [6.07, 6.45) is 10.7. The van der Waals surface area contributed by atoms with Gasteiger partial charge in [-0.25, -0.2) is 4.98 Å². The first-order valence-corrected chi connectivity index (χ1v) is 7.53. The van der Waals surface area contributed by atoms with E-state index in [2.05, 4.69) is 20.2 Å². The highest BCUT2D eigenvalue weighted by Gasteiger charge is 2.22. The second kappa shape index (κ2) is 6.22. The second-order valence-electron chi connectivity index (χ2n) is 5.54. The summed E-state index contributed by atoms with van der Waals surface area (Å²) in [6, 6.07) is -0.0637. The van der Waals surface area contributed by atoms with Crippen LogP contribution in [0, 0.1) is 0 Å². The summed E-state index contributed by atoms with van der Waals surface area (Å²) in [5, 5.41) is 3.01. The number of likely N-dealkylation sites (tertiary alicyclic amines) is 1. The third-order valence-electron chi connectivity index (χ3n) is 4.16. The number of nitrogens with one attached hydrogen (secondary N) is 1. The molecule has 2 aromatic heterocycles. The molecule has 112 valence electrons. The minimum absolute atomic E-state index is 0.0637. The Morgan fingerprint density at radius 3 is 2.95 bits per heavy atom. The van der Waals surface area contributed by atoms with E-state index in [9.17, 15) is 4.79 Å². The number of aromatic nitrogens is 3. The van der Waals surface area contributed by atoms with E-state index in [4.69, 9.17) is 0 Å². The van der Waals surface area contributed by atoms with Gasteiger partial charge in [-0.05, 0) is 32.9 Å². The maximum Gasteiger partial charge on any atom is 0.237 e. The van der Waals surface area contributed by atoms with Crippen LogP contribution in [0.15, 0.2) is 24.8 Å². The first-order valence-electron chi connectivity index (χ1n) is 7.53. The highest BCUT2D eigenvalue weighted by molar-refractivity contribution is 5.81. The summed E-state index contributed by atoms with van der Waals surface area (Å²) in [4.78, 5) is 22.8. The van der Waals surface area contributed by atoms with Crippen LogP contribution >= 0.6 is 0 Å². The molecule has 0 saturated carbocycles. The minimum atomic E-state index is -0.0637. The number of fused-ring (bicyclic) bond motifs is 1. The molecule has 6 heteroatoms. The van der Waals surface area contributed by atoms with E-state index in [0.717, 1.165) is 24.4 Å². The van der Waals surface area contributed by atoms with Crippen molar-refractivity contribution < 1.29 is 4.79 Å². The Bertz CT molecular complexity index is 617. The van der Waals surface area contributed by atoms with Crippen molar-refractivity contribution in [2.75, 3.05) is 13.1 Å². The fourth-order valence-electron chi connectivity index (χ4n) is 2.82. The molecule has 1 aliphatic heterocycles. The van der Waals surface area contributed by atoms with E-state index in [-0.39, 0.29) is 11.9 Å². The first kappa shape index (κ1) is 14.0. The smallest absolute Gasteiger partial charge is 0.237 e. The molecule has 6 nitrogen and oxygen atoms in total. The lowest BCUT2D eigenvalue weighted by molar-refractivity contribution is -0.126. The quantitative estimate of drug-likeness (QED) is 0.918. The Kier molecular flexibility index (Phi) is 4.15. The molecule has 0 spiro atoms. The SMILES string of the molecule is CC(C(=O)NCc1cnc2cnccn12)N1CCCCC1. The third kappa shape index (κ3) is 3.05. The van der Waals surface area contributed by atoms with Gasteiger partial charge in [0.1, 0.15) is 0 Å². The maximum absolute atomic E-state index is 12.3. The van der Waals surface area contributed by atoms with Crippen LogP contribution in [0.25, 0.3) is 5.65 Å². The third-order valence-corrected chi connectivity index (χ3v) is 4.16. The fourth-order valence-corrected chi connectivity index (χ4v) is 2.82. The van der Waals surface area contributed by atoms with E-state index in [1.807, 2.05) is 17.5 Å². The lowest BCUT2D eigenvalue weighted by Crippen LogP contribution is -2.47. The van der Waals surface area contributed by atoms with Gasteiger partial charge in [-0.3, -0.25) is 19.1 Å². The van der Waals surface area contributed by atoms with Gasteiger partial charge in [-0.1, -0.05) is 6.42 Å². The van der Waals surface area contributed by atoms with Gasteiger partial charge in [0.2, 0.25) is 5.91 Å². The monoisotopic (exact) mass is 287 g/mol. The Balaban J connectivity index is 1.60. The average Bonchev–Trinajstić information content (AvgIpc) is 2.96. The highest BCUT2D eigenvalue weighted by atomic mass is 16.2. The summed E-state index contributed by atoms with van der Waals surface area (Å²) in [6.45, 7) is 4.52. The number of piperidine rings is 1. The van der Waals surface area contributed by atoms with Crippen LogP contribution in [0.5, 0.6) is 0 Å². The zero-order valence-corrected chi connectivity index (χ0v) is 12.3. The van der Waals surface area contributed by atoms with E-state index < -0.39 is 0 Å². The fraction of sp³-hybridized carbons (Fsp3) is 0.533. The van der Waals surface area contributed by atoms with E-state index in [1.54, 1.807) is 18.6 Å². The van der Waals surface area contributed by atoms with Crippen LogP contribution in [0.4, 0.5) is 0 Å². The zero-order chi connectivity index (χ0) is 14.7. The van der Waals surface area contributed by atoms with Crippen LogP contribution in [-0.4, -0.2) is 44.3 Å². The molecule has 1 N–H and O–H groups in total. The number of amides is 1. The van der Waals surface area contributed by atoms with Crippen molar-refractivity contribution in [3.05, 3.63) is 30.5 Å². The van der Waals surface area contributed by atoms with Gasteiger partial charge < -0.3 is 5.32 Å². The number of hydrogen-bond acceptors (Lipinski definition) is 4. The molecule has 1 unspecified atom stereocenters. The van der Waals surface area contributed by atoms with Gasteiger partial charge >= 0.3 is 0 Å². The Labute approximate surface area is 124 Å². The highest BCUT2D eigenvalue weighted by Crippen LogP contribution is 2.12. The number of nitrogens with zero attached hydrogens (tertiary/aromatic N) is 4. The largest absolute Gasteiger partial charge is 0.349 e. The van der Waals surface area contributed by atoms with Crippen molar-refractivity contribution >= 4 is 11.6 Å². The van der Waals surface area contributed by atoms with Gasteiger partial charge in [0, 0.05) is 12.4 Å². The lowest BCUT2D eigenvalue weighted by atomic mass is 10.1. The van der Waals surface area contributed by atoms with E-state index in [1.165, 1.54) is 19.3 Å². The summed E-state index contributed by atoms with van der Waals surface area (Å²) >= 11 is 0. The lowest BCUT2D eigenvalue weighted by Gasteiger charge is -2.31. The molecule has 3 rings (SSSR count). The van der Waals surface area contributed by atoms with Crippen LogP contribution in [-0.2, 0) is 11.3 Å².